The van der Waals surface area contributed by atoms with Crippen LogP contribution in [0.15, 0.2) is 18.2 Å². The molecule has 7 heteroatoms. The molecule has 0 aliphatic rings. The van der Waals surface area contributed by atoms with Crippen LogP contribution < -0.4 is 10.1 Å². The summed E-state index contributed by atoms with van der Waals surface area (Å²) in [4.78, 5) is 0. The van der Waals surface area contributed by atoms with Crippen LogP contribution in [0.3, 0.4) is 0 Å². The fraction of sp³-hybridized carbons (Fsp3) is 0.538. The average molecular weight is 293 g/mol. The van der Waals surface area contributed by atoms with Gasteiger partial charge < -0.3 is 19.9 Å². The molecule has 4 nitrogen and oxygen atoms in total. The Balaban J connectivity index is 2.73. The summed E-state index contributed by atoms with van der Waals surface area (Å²) < 4.78 is 48.8. The number of aliphatic hydroxyl groups is 1. The lowest BCUT2D eigenvalue weighted by molar-refractivity contribution is -0.139. The number of ether oxygens (including phenoxy) is 2. The molecule has 0 aliphatic carbocycles. The normalized spacial score (nSPS) is 11.7. The van der Waals surface area contributed by atoms with Crippen LogP contribution in [0.25, 0.3) is 0 Å². The lowest BCUT2D eigenvalue weighted by Gasteiger charge is -2.15. The fourth-order valence-corrected chi connectivity index (χ4v) is 1.62. The fourth-order valence-electron chi connectivity index (χ4n) is 1.62. The molecule has 114 valence electrons. The second kappa shape index (κ2) is 8.08. The standard InChI is InChI=1S/C13H18F3NO3/c1-17-9-10-2-3-12(11(8-10)13(14,15)16)20-7-6-19-5-4-18/h2-3,8,17-18H,4-7,9H2,1H3. The minimum Gasteiger partial charge on any atom is -0.491 e. The predicted molar refractivity (Wildman–Crippen MR) is 67.6 cm³/mol. The Morgan fingerprint density at radius 2 is 1.95 bits per heavy atom. The highest BCUT2D eigenvalue weighted by Crippen LogP contribution is 2.36. The van der Waals surface area contributed by atoms with E-state index in [2.05, 4.69) is 5.32 Å². The molecule has 0 spiro atoms. The summed E-state index contributed by atoms with van der Waals surface area (Å²) in [5, 5.41) is 11.3. The van der Waals surface area contributed by atoms with Gasteiger partial charge in [-0.2, -0.15) is 13.2 Å². The maximum absolute atomic E-state index is 12.9. The molecule has 1 aromatic rings. The van der Waals surface area contributed by atoms with Crippen molar-refractivity contribution >= 4 is 0 Å². The van der Waals surface area contributed by atoms with Gasteiger partial charge in [-0.3, -0.25) is 0 Å². The largest absolute Gasteiger partial charge is 0.491 e. The zero-order chi connectivity index (χ0) is 15.0. The first-order valence-electron chi connectivity index (χ1n) is 6.15. The van der Waals surface area contributed by atoms with Crippen molar-refractivity contribution in [3.63, 3.8) is 0 Å². The summed E-state index contributed by atoms with van der Waals surface area (Å²) >= 11 is 0. The van der Waals surface area contributed by atoms with Gasteiger partial charge in [-0.15, -0.1) is 0 Å². The van der Waals surface area contributed by atoms with E-state index in [0.717, 1.165) is 6.07 Å². The topological polar surface area (TPSA) is 50.7 Å². The first-order valence-corrected chi connectivity index (χ1v) is 6.15. The van der Waals surface area contributed by atoms with Gasteiger partial charge >= 0.3 is 6.18 Å². The average Bonchev–Trinajstić information content (AvgIpc) is 2.39. The molecule has 0 unspecified atom stereocenters. The minimum atomic E-state index is -4.47. The molecule has 0 atom stereocenters. The van der Waals surface area contributed by atoms with Gasteiger partial charge in [0.1, 0.15) is 12.4 Å². The number of hydrogen-bond acceptors (Lipinski definition) is 4. The Hall–Kier alpha value is -1.31. The van der Waals surface area contributed by atoms with Gasteiger partial charge in [0.2, 0.25) is 0 Å². The van der Waals surface area contributed by atoms with E-state index in [-0.39, 0.29) is 32.2 Å². The monoisotopic (exact) mass is 293 g/mol. The number of aliphatic hydroxyl groups excluding tert-OH is 1. The van der Waals surface area contributed by atoms with Crippen molar-refractivity contribution in [3.8, 4) is 5.75 Å². The number of benzene rings is 1. The second-order valence-electron chi connectivity index (χ2n) is 4.04. The summed E-state index contributed by atoms with van der Waals surface area (Å²) in [5.41, 5.74) is -0.267. The second-order valence-corrected chi connectivity index (χ2v) is 4.04. The quantitative estimate of drug-likeness (QED) is 0.718. The van der Waals surface area contributed by atoms with Gasteiger partial charge in [0.25, 0.3) is 0 Å². The van der Waals surface area contributed by atoms with Crippen molar-refractivity contribution in [2.24, 2.45) is 0 Å². The lowest BCUT2D eigenvalue weighted by Crippen LogP contribution is -2.14. The van der Waals surface area contributed by atoms with E-state index in [1.54, 1.807) is 13.1 Å². The summed E-state index contributed by atoms with van der Waals surface area (Å²) in [5.74, 6) is -0.218. The van der Waals surface area contributed by atoms with Gasteiger partial charge in [-0.25, -0.2) is 0 Å². The Labute approximate surface area is 115 Å². The Bertz CT molecular complexity index is 410. The van der Waals surface area contributed by atoms with Gasteiger partial charge in [0.15, 0.2) is 0 Å². The number of nitrogens with one attached hydrogen (secondary N) is 1. The maximum atomic E-state index is 12.9. The van der Waals surface area contributed by atoms with Crippen molar-refractivity contribution < 1.29 is 27.8 Å². The molecule has 0 aliphatic heterocycles. The maximum Gasteiger partial charge on any atom is 0.419 e. The molecule has 0 aromatic heterocycles. The highest BCUT2D eigenvalue weighted by atomic mass is 19.4. The third-order valence-electron chi connectivity index (χ3n) is 2.45. The molecule has 0 amide bonds. The molecule has 0 saturated heterocycles. The molecule has 0 radical (unpaired) electrons. The van der Waals surface area contributed by atoms with Crippen molar-refractivity contribution in [3.05, 3.63) is 29.3 Å². The number of hydrogen-bond donors (Lipinski definition) is 2. The van der Waals surface area contributed by atoms with Crippen molar-refractivity contribution in [2.45, 2.75) is 12.7 Å². The molecule has 0 heterocycles. The van der Waals surface area contributed by atoms with Crippen LogP contribution in [0.5, 0.6) is 5.75 Å². The molecular weight excluding hydrogens is 275 g/mol. The van der Waals surface area contributed by atoms with E-state index in [4.69, 9.17) is 14.6 Å². The van der Waals surface area contributed by atoms with E-state index >= 15 is 0 Å². The minimum absolute atomic E-state index is 0.00550. The smallest absolute Gasteiger partial charge is 0.419 e. The molecule has 0 bridgehead atoms. The molecule has 0 saturated carbocycles. The summed E-state index contributed by atoms with van der Waals surface area (Å²) in [7, 11) is 1.66. The third kappa shape index (κ3) is 5.36. The molecular formula is C13H18F3NO3. The van der Waals surface area contributed by atoms with Crippen LogP contribution in [0.4, 0.5) is 13.2 Å². The van der Waals surface area contributed by atoms with Crippen LogP contribution in [-0.2, 0) is 17.5 Å². The van der Waals surface area contributed by atoms with Crippen LogP contribution in [0.1, 0.15) is 11.1 Å². The van der Waals surface area contributed by atoms with Crippen LogP contribution in [0.2, 0.25) is 0 Å². The number of alkyl halides is 3. The summed E-state index contributed by atoms with van der Waals surface area (Å²) in [6, 6.07) is 3.96. The Morgan fingerprint density at radius 1 is 1.20 bits per heavy atom. The van der Waals surface area contributed by atoms with E-state index in [1.807, 2.05) is 0 Å². The van der Waals surface area contributed by atoms with E-state index < -0.39 is 11.7 Å². The van der Waals surface area contributed by atoms with Crippen LogP contribution in [0, 0.1) is 0 Å². The zero-order valence-corrected chi connectivity index (χ0v) is 11.2. The van der Waals surface area contributed by atoms with Gasteiger partial charge in [-0.05, 0) is 24.7 Å². The van der Waals surface area contributed by atoms with E-state index in [1.165, 1.54) is 6.07 Å². The highest BCUT2D eigenvalue weighted by molar-refractivity contribution is 5.39. The van der Waals surface area contributed by atoms with E-state index in [0.29, 0.717) is 12.1 Å². The highest BCUT2D eigenvalue weighted by Gasteiger charge is 2.34. The number of rotatable bonds is 8. The van der Waals surface area contributed by atoms with Crippen molar-refractivity contribution in [1.82, 2.24) is 5.32 Å². The van der Waals surface area contributed by atoms with Crippen LogP contribution >= 0.6 is 0 Å². The first kappa shape index (κ1) is 16.7. The van der Waals surface area contributed by atoms with Crippen molar-refractivity contribution in [2.75, 3.05) is 33.5 Å². The molecule has 1 rings (SSSR count). The SMILES string of the molecule is CNCc1ccc(OCCOCCO)c(C(F)(F)F)c1. The molecule has 2 N–H and O–H groups in total. The van der Waals surface area contributed by atoms with Gasteiger partial charge in [-0.1, -0.05) is 6.07 Å². The van der Waals surface area contributed by atoms with Gasteiger partial charge in [0.05, 0.1) is 25.4 Å². The third-order valence-corrected chi connectivity index (χ3v) is 2.45. The summed E-state index contributed by atoms with van der Waals surface area (Å²) in [6.07, 6.45) is -4.47. The molecule has 0 fully saturated rings. The molecule has 20 heavy (non-hydrogen) atoms. The zero-order valence-electron chi connectivity index (χ0n) is 11.2. The predicted octanol–water partition coefficient (Wildman–Crippen LogP) is 1.81. The van der Waals surface area contributed by atoms with E-state index in [9.17, 15) is 13.2 Å². The first-order chi connectivity index (χ1) is 9.49. The Morgan fingerprint density at radius 3 is 2.55 bits per heavy atom. The number of halogens is 3. The van der Waals surface area contributed by atoms with Crippen molar-refractivity contribution in [1.29, 1.82) is 0 Å². The van der Waals surface area contributed by atoms with Crippen LogP contribution in [-0.4, -0.2) is 38.6 Å². The Kier molecular flexibility index (Phi) is 6.77. The van der Waals surface area contributed by atoms with Gasteiger partial charge in [0, 0.05) is 6.54 Å². The lowest BCUT2D eigenvalue weighted by atomic mass is 10.1. The molecule has 1 aromatic carbocycles. The summed E-state index contributed by atoms with van der Waals surface area (Å²) in [6.45, 7) is 0.469.